The Labute approximate surface area is 72.5 Å². The van der Waals surface area contributed by atoms with Crippen LogP contribution in [0.15, 0.2) is 18.5 Å². The third-order valence-electron chi connectivity index (χ3n) is 2.19. The first kappa shape index (κ1) is 7.68. The number of morpholine rings is 1. The van der Waals surface area contributed by atoms with Gasteiger partial charge in [-0.05, 0) is 6.07 Å². The van der Waals surface area contributed by atoms with E-state index >= 15 is 0 Å². The lowest BCUT2D eigenvalue weighted by atomic mass is 10.4. The van der Waals surface area contributed by atoms with Crippen LogP contribution in [0.3, 0.4) is 0 Å². The summed E-state index contributed by atoms with van der Waals surface area (Å²) in [5.41, 5.74) is 1.31. The lowest BCUT2D eigenvalue weighted by Crippen LogP contribution is -2.35. The van der Waals surface area contributed by atoms with Gasteiger partial charge in [0, 0.05) is 32.5 Å². The molecule has 0 aromatic carbocycles. The van der Waals surface area contributed by atoms with Crippen LogP contribution in [0.5, 0.6) is 0 Å². The maximum absolute atomic E-state index is 5.28. The molecule has 0 radical (unpaired) electrons. The fourth-order valence-electron chi connectivity index (χ4n) is 1.50. The predicted octanol–water partition coefficient (Wildman–Crippen LogP) is 0.862. The second kappa shape index (κ2) is 3.19. The number of aryl methyl sites for hydroxylation is 1. The number of ether oxygens (including phenoxy) is 1. The molecule has 66 valence electrons. The topological polar surface area (TPSA) is 17.4 Å². The molecule has 0 amide bonds. The zero-order valence-corrected chi connectivity index (χ0v) is 7.36. The van der Waals surface area contributed by atoms with E-state index in [1.165, 1.54) is 5.69 Å². The normalized spacial score (nSPS) is 18.2. The van der Waals surface area contributed by atoms with Crippen molar-refractivity contribution in [3.63, 3.8) is 0 Å². The fraction of sp³-hybridized carbons (Fsp3) is 0.556. The summed E-state index contributed by atoms with van der Waals surface area (Å²) < 4.78 is 7.35. The summed E-state index contributed by atoms with van der Waals surface area (Å²) >= 11 is 0. The second-order valence-electron chi connectivity index (χ2n) is 3.13. The van der Waals surface area contributed by atoms with Crippen LogP contribution in [0.4, 0.5) is 5.69 Å². The SMILES string of the molecule is Cn1ccc(N2CCOCC2)c1. The van der Waals surface area contributed by atoms with E-state index in [1.807, 2.05) is 7.05 Å². The van der Waals surface area contributed by atoms with Crippen LogP contribution >= 0.6 is 0 Å². The Morgan fingerprint density at radius 2 is 2.08 bits per heavy atom. The molecule has 0 aliphatic carbocycles. The van der Waals surface area contributed by atoms with Crippen molar-refractivity contribution in [3.05, 3.63) is 18.5 Å². The number of hydrogen-bond donors (Lipinski definition) is 0. The molecule has 0 atom stereocenters. The van der Waals surface area contributed by atoms with Crippen LogP contribution in [0, 0.1) is 0 Å². The van der Waals surface area contributed by atoms with Gasteiger partial charge in [0.2, 0.25) is 0 Å². The van der Waals surface area contributed by atoms with Crippen molar-refractivity contribution in [3.8, 4) is 0 Å². The van der Waals surface area contributed by atoms with Crippen molar-refractivity contribution in [1.82, 2.24) is 4.57 Å². The molecule has 0 unspecified atom stereocenters. The summed E-state index contributed by atoms with van der Waals surface area (Å²) in [6.07, 6.45) is 4.22. The molecule has 12 heavy (non-hydrogen) atoms. The van der Waals surface area contributed by atoms with E-state index in [0.717, 1.165) is 26.3 Å². The maximum atomic E-state index is 5.28. The number of aromatic nitrogens is 1. The van der Waals surface area contributed by atoms with Gasteiger partial charge in [0.1, 0.15) is 0 Å². The summed E-state index contributed by atoms with van der Waals surface area (Å²) in [4.78, 5) is 2.35. The van der Waals surface area contributed by atoms with E-state index in [4.69, 9.17) is 4.74 Å². The van der Waals surface area contributed by atoms with Gasteiger partial charge in [0.15, 0.2) is 0 Å². The van der Waals surface area contributed by atoms with Gasteiger partial charge in [-0.15, -0.1) is 0 Å². The van der Waals surface area contributed by atoms with Crippen LogP contribution in [0.25, 0.3) is 0 Å². The Balaban J connectivity index is 2.08. The number of hydrogen-bond acceptors (Lipinski definition) is 2. The van der Waals surface area contributed by atoms with Crippen molar-refractivity contribution >= 4 is 5.69 Å². The Morgan fingerprint density at radius 3 is 2.67 bits per heavy atom. The smallest absolute Gasteiger partial charge is 0.0642 e. The van der Waals surface area contributed by atoms with Crippen LogP contribution in [0.1, 0.15) is 0 Å². The Hall–Kier alpha value is -0.960. The van der Waals surface area contributed by atoms with Gasteiger partial charge in [-0.2, -0.15) is 0 Å². The lowest BCUT2D eigenvalue weighted by molar-refractivity contribution is 0.122. The number of nitrogens with zero attached hydrogens (tertiary/aromatic N) is 2. The van der Waals surface area contributed by atoms with Crippen molar-refractivity contribution < 1.29 is 4.74 Å². The largest absolute Gasteiger partial charge is 0.378 e. The second-order valence-corrected chi connectivity index (χ2v) is 3.13. The molecule has 0 spiro atoms. The molecular formula is C9H14N2O. The minimum atomic E-state index is 0.856. The minimum Gasteiger partial charge on any atom is -0.378 e. The third kappa shape index (κ3) is 1.46. The molecule has 1 aliphatic rings. The number of rotatable bonds is 1. The van der Waals surface area contributed by atoms with Crippen molar-refractivity contribution in [2.75, 3.05) is 31.2 Å². The van der Waals surface area contributed by atoms with Crippen LogP contribution in [0.2, 0.25) is 0 Å². The molecule has 1 aromatic heterocycles. The van der Waals surface area contributed by atoms with Gasteiger partial charge in [-0.1, -0.05) is 0 Å². The monoisotopic (exact) mass is 166 g/mol. The zero-order valence-electron chi connectivity index (χ0n) is 7.36. The summed E-state index contributed by atoms with van der Waals surface area (Å²) in [5, 5.41) is 0. The standard InChI is InChI=1S/C9H14N2O/c1-10-3-2-9(8-10)11-4-6-12-7-5-11/h2-3,8H,4-7H2,1H3. The highest BCUT2D eigenvalue weighted by molar-refractivity contribution is 5.44. The van der Waals surface area contributed by atoms with Gasteiger partial charge in [0.25, 0.3) is 0 Å². The van der Waals surface area contributed by atoms with Gasteiger partial charge < -0.3 is 14.2 Å². The summed E-state index contributed by atoms with van der Waals surface area (Å²) in [6.45, 7) is 3.75. The average Bonchev–Trinajstić information content (AvgIpc) is 2.54. The molecule has 2 rings (SSSR count). The molecule has 0 N–H and O–H groups in total. The molecular weight excluding hydrogens is 152 g/mol. The zero-order chi connectivity index (χ0) is 8.39. The molecule has 1 fully saturated rings. The third-order valence-corrected chi connectivity index (χ3v) is 2.19. The van der Waals surface area contributed by atoms with Crippen molar-refractivity contribution in [2.24, 2.45) is 7.05 Å². The van der Waals surface area contributed by atoms with Crippen molar-refractivity contribution in [1.29, 1.82) is 0 Å². The average molecular weight is 166 g/mol. The Bertz CT molecular complexity index is 251. The molecule has 3 nitrogen and oxygen atoms in total. The van der Waals surface area contributed by atoms with Crippen LogP contribution in [-0.4, -0.2) is 30.9 Å². The van der Waals surface area contributed by atoms with Gasteiger partial charge in [0.05, 0.1) is 18.9 Å². The highest BCUT2D eigenvalue weighted by Gasteiger charge is 2.10. The van der Waals surface area contributed by atoms with Crippen molar-refractivity contribution in [2.45, 2.75) is 0 Å². The molecule has 2 heterocycles. The van der Waals surface area contributed by atoms with Gasteiger partial charge >= 0.3 is 0 Å². The van der Waals surface area contributed by atoms with E-state index in [1.54, 1.807) is 0 Å². The van der Waals surface area contributed by atoms with Crippen LogP contribution in [-0.2, 0) is 11.8 Å². The number of anilines is 1. The molecule has 1 aliphatic heterocycles. The quantitative estimate of drug-likeness (QED) is 0.615. The fourth-order valence-corrected chi connectivity index (χ4v) is 1.50. The molecule has 3 heteroatoms. The van der Waals surface area contributed by atoms with Gasteiger partial charge in [-0.25, -0.2) is 0 Å². The lowest BCUT2D eigenvalue weighted by Gasteiger charge is -2.27. The minimum absolute atomic E-state index is 0.856. The first-order chi connectivity index (χ1) is 5.86. The first-order valence-corrected chi connectivity index (χ1v) is 4.31. The Morgan fingerprint density at radius 1 is 1.33 bits per heavy atom. The molecule has 1 saturated heterocycles. The summed E-state index contributed by atoms with van der Waals surface area (Å²) in [5.74, 6) is 0. The summed E-state index contributed by atoms with van der Waals surface area (Å²) in [6, 6.07) is 2.14. The first-order valence-electron chi connectivity index (χ1n) is 4.31. The Kier molecular flexibility index (Phi) is 2.04. The summed E-state index contributed by atoms with van der Waals surface area (Å²) in [7, 11) is 2.05. The molecule has 1 aromatic rings. The van der Waals surface area contributed by atoms with E-state index in [2.05, 4.69) is 27.9 Å². The van der Waals surface area contributed by atoms with Gasteiger partial charge in [-0.3, -0.25) is 0 Å². The van der Waals surface area contributed by atoms with E-state index in [-0.39, 0.29) is 0 Å². The highest BCUT2D eigenvalue weighted by Crippen LogP contribution is 2.14. The molecule has 0 bridgehead atoms. The maximum Gasteiger partial charge on any atom is 0.0642 e. The van der Waals surface area contributed by atoms with E-state index < -0.39 is 0 Å². The van der Waals surface area contributed by atoms with Crippen LogP contribution < -0.4 is 4.90 Å². The molecule has 0 saturated carbocycles. The highest BCUT2D eigenvalue weighted by atomic mass is 16.5. The predicted molar refractivity (Wildman–Crippen MR) is 48.4 cm³/mol. The van der Waals surface area contributed by atoms with E-state index in [9.17, 15) is 0 Å². The van der Waals surface area contributed by atoms with E-state index in [0.29, 0.717) is 0 Å².